The molecule has 2 aromatic rings. The fraction of sp³-hybridized carbons (Fsp3) is 0.316. The number of ether oxygens (including phenoxy) is 1. The zero-order valence-electron chi connectivity index (χ0n) is 13.7. The first-order chi connectivity index (χ1) is 11.2. The molecule has 24 heavy (non-hydrogen) atoms. The van der Waals surface area contributed by atoms with Gasteiger partial charge in [-0.05, 0) is 62.2 Å². The molecule has 0 spiro atoms. The minimum atomic E-state index is 0. The van der Waals surface area contributed by atoms with Crippen LogP contribution in [0.1, 0.15) is 18.4 Å². The minimum absolute atomic E-state index is 0. The van der Waals surface area contributed by atoms with Crippen LogP contribution >= 0.6 is 12.4 Å². The molecule has 1 heterocycles. The highest BCUT2D eigenvalue weighted by atomic mass is 35.5. The smallest absolute Gasteiger partial charge is 0.224 e. The SMILES string of the molecule is Cc1cccc(Oc2ccccc2NC(=O)CC2CCNC2)c1.Cl. The first-order valence-corrected chi connectivity index (χ1v) is 8.05. The van der Waals surface area contributed by atoms with Crippen LogP contribution in [0.5, 0.6) is 11.5 Å². The lowest BCUT2D eigenvalue weighted by molar-refractivity contribution is -0.117. The van der Waals surface area contributed by atoms with Crippen molar-refractivity contribution in [2.45, 2.75) is 19.8 Å². The Hall–Kier alpha value is -2.04. The van der Waals surface area contributed by atoms with E-state index in [-0.39, 0.29) is 18.3 Å². The maximum atomic E-state index is 12.2. The quantitative estimate of drug-likeness (QED) is 0.855. The molecule has 0 aromatic heterocycles. The highest BCUT2D eigenvalue weighted by Crippen LogP contribution is 2.30. The van der Waals surface area contributed by atoms with Crippen LogP contribution in [0.2, 0.25) is 0 Å². The molecule has 0 radical (unpaired) electrons. The number of halogens is 1. The van der Waals surface area contributed by atoms with Crippen LogP contribution in [0.4, 0.5) is 5.69 Å². The van der Waals surface area contributed by atoms with Gasteiger partial charge in [0.2, 0.25) is 5.91 Å². The molecule has 4 nitrogen and oxygen atoms in total. The molecule has 1 unspecified atom stereocenters. The van der Waals surface area contributed by atoms with E-state index in [1.165, 1.54) is 0 Å². The number of hydrogen-bond donors (Lipinski definition) is 2. The molecule has 128 valence electrons. The van der Waals surface area contributed by atoms with E-state index in [1.54, 1.807) is 0 Å². The molecule has 1 fully saturated rings. The minimum Gasteiger partial charge on any atom is -0.455 e. The highest BCUT2D eigenvalue weighted by molar-refractivity contribution is 5.92. The summed E-state index contributed by atoms with van der Waals surface area (Å²) in [5.41, 5.74) is 1.85. The number of carbonyl (C=O) groups is 1. The molecule has 1 saturated heterocycles. The van der Waals surface area contributed by atoms with Crippen molar-refractivity contribution < 1.29 is 9.53 Å². The predicted molar refractivity (Wildman–Crippen MR) is 99.2 cm³/mol. The summed E-state index contributed by atoms with van der Waals surface area (Å²) in [7, 11) is 0. The number of amides is 1. The zero-order chi connectivity index (χ0) is 16.1. The van der Waals surface area contributed by atoms with Gasteiger partial charge in [-0.3, -0.25) is 4.79 Å². The summed E-state index contributed by atoms with van der Waals surface area (Å²) in [5.74, 6) is 1.90. The van der Waals surface area contributed by atoms with Gasteiger partial charge in [-0.15, -0.1) is 12.4 Å². The third-order valence-corrected chi connectivity index (χ3v) is 4.01. The average molecular weight is 347 g/mol. The van der Waals surface area contributed by atoms with E-state index in [2.05, 4.69) is 10.6 Å². The maximum Gasteiger partial charge on any atom is 0.224 e. The fourth-order valence-corrected chi connectivity index (χ4v) is 2.82. The second-order valence-corrected chi connectivity index (χ2v) is 6.03. The van der Waals surface area contributed by atoms with Crippen molar-refractivity contribution >= 4 is 24.0 Å². The van der Waals surface area contributed by atoms with Gasteiger partial charge in [0.1, 0.15) is 5.75 Å². The summed E-state index contributed by atoms with van der Waals surface area (Å²) in [6.45, 7) is 3.95. The van der Waals surface area contributed by atoms with Crippen LogP contribution < -0.4 is 15.4 Å². The van der Waals surface area contributed by atoms with Crippen molar-refractivity contribution in [1.29, 1.82) is 0 Å². The van der Waals surface area contributed by atoms with E-state index in [9.17, 15) is 4.79 Å². The number of nitrogens with one attached hydrogen (secondary N) is 2. The van der Waals surface area contributed by atoms with Gasteiger partial charge in [0.05, 0.1) is 5.69 Å². The molecular weight excluding hydrogens is 324 g/mol. The zero-order valence-corrected chi connectivity index (χ0v) is 14.6. The molecular formula is C19H23ClN2O2. The Morgan fingerprint density at radius 1 is 1.25 bits per heavy atom. The topological polar surface area (TPSA) is 50.4 Å². The first-order valence-electron chi connectivity index (χ1n) is 8.05. The van der Waals surface area contributed by atoms with Gasteiger partial charge < -0.3 is 15.4 Å². The third kappa shape index (κ3) is 4.98. The Bertz CT molecular complexity index is 685. The van der Waals surface area contributed by atoms with Crippen LogP contribution in [-0.2, 0) is 4.79 Å². The van der Waals surface area contributed by atoms with Crippen LogP contribution in [0, 0.1) is 12.8 Å². The third-order valence-electron chi connectivity index (χ3n) is 4.01. The van der Waals surface area contributed by atoms with E-state index in [0.29, 0.717) is 23.8 Å². The van der Waals surface area contributed by atoms with Crippen molar-refractivity contribution in [3.8, 4) is 11.5 Å². The molecule has 1 aliphatic heterocycles. The predicted octanol–water partition coefficient (Wildman–Crippen LogP) is 4.15. The fourth-order valence-electron chi connectivity index (χ4n) is 2.82. The standard InChI is InChI=1S/C19H22N2O2.ClH/c1-14-5-4-6-16(11-14)23-18-8-3-2-7-17(18)21-19(22)12-15-9-10-20-13-15;/h2-8,11,15,20H,9-10,12-13H2,1H3,(H,21,22);1H. The van der Waals surface area contributed by atoms with Crippen molar-refractivity contribution in [1.82, 2.24) is 5.32 Å². The van der Waals surface area contributed by atoms with Crippen LogP contribution in [0.3, 0.4) is 0 Å². The van der Waals surface area contributed by atoms with E-state index in [1.807, 2.05) is 55.5 Å². The molecule has 1 amide bonds. The van der Waals surface area contributed by atoms with Gasteiger partial charge in [0, 0.05) is 6.42 Å². The molecule has 0 aliphatic carbocycles. The largest absolute Gasteiger partial charge is 0.455 e. The van der Waals surface area contributed by atoms with Gasteiger partial charge in [0.15, 0.2) is 5.75 Å². The molecule has 1 aliphatic rings. The molecule has 0 bridgehead atoms. The van der Waals surface area contributed by atoms with Gasteiger partial charge in [-0.25, -0.2) is 0 Å². The normalized spacial score (nSPS) is 16.3. The Labute approximate surface area is 149 Å². The van der Waals surface area contributed by atoms with E-state index < -0.39 is 0 Å². The second kappa shape index (κ2) is 8.71. The Morgan fingerprint density at radius 2 is 2.08 bits per heavy atom. The van der Waals surface area contributed by atoms with Crippen LogP contribution in [0.25, 0.3) is 0 Å². The number of anilines is 1. The second-order valence-electron chi connectivity index (χ2n) is 6.03. The van der Waals surface area contributed by atoms with E-state index in [0.717, 1.165) is 30.8 Å². The summed E-state index contributed by atoms with van der Waals surface area (Å²) in [5, 5.41) is 6.27. The Balaban J connectivity index is 0.00000208. The lowest BCUT2D eigenvalue weighted by atomic mass is 10.0. The number of rotatable bonds is 5. The molecule has 5 heteroatoms. The molecule has 2 aromatic carbocycles. The van der Waals surface area contributed by atoms with Crippen LogP contribution in [0.15, 0.2) is 48.5 Å². The Kier molecular flexibility index (Phi) is 6.64. The number of hydrogen-bond acceptors (Lipinski definition) is 3. The van der Waals surface area contributed by atoms with Gasteiger partial charge in [-0.1, -0.05) is 24.3 Å². The van der Waals surface area contributed by atoms with Gasteiger partial charge in [0.25, 0.3) is 0 Å². The molecule has 1 atom stereocenters. The maximum absolute atomic E-state index is 12.2. The number of carbonyl (C=O) groups excluding carboxylic acids is 1. The monoisotopic (exact) mass is 346 g/mol. The summed E-state index contributed by atoms with van der Waals surface area (Å²) < 4.78 is 5.93. The van der Waals surface area contributed by atoms with Crippen molar-refractivity contribution in [2.24, 2.45) is 5.92 Å². The summed E-state index contributed by atoms with van der Waals surface area (Å²) in [6, 6.07) is 15.4. The number of benzene rings is 2. The summed E-state index contributed by atoms with van der Waals surface area (Å²) >= 11 is 0. The average Bonchev–Trinajstić information content (AvgIpc) is 3.02. The number of aryl methyl sites for hydroxylation is 1. The van der Waals surface area contributed by atoms with Gasteiger partial charge in [-0.2, -0.15) is 0 Å². The van der Waals surface area contributed by atoms with Crippen LogP contribution in [-0.4, -0.2) is 19.0 Å². The highest BCUT2D eigenvalue weighted by Gasteiger charge is 2.18. The Morgan fingerprint density at radius 3 is 2.83 bits per heavy atom. The molecule has 3 rings (SSSR count). The molecule has 0 saturated carbocycles. The summed E-state index contributed by atoms with van der Waals surface area (Å²) in [4.78, 5) is 12.2. The lowest BCUT2D eigenvalue weighted by Gasteiger charge is -2.14. The van der Waals surface area contributed by atoms with Crippen molar-refractivity contribution in [3.05, 3.63) is 54.1 Å². The van der Waals surface area contributed by atoms with Crippen molar-refractivity contribution in [2.75, 3.05) is 18.4 Å². The van der Waals surface area contributed by atoms with E-state index >= 15 is 0 Å². The summed E-state index contributed by atoms with van der Waals surface area (Å²) in [6.07, 6.45) is 1.61. The van der Waals surface area contributed by atoms with Gasteiger partial charge >= 0.3 is 0 Å². The van der Waals surface area contributed by atoms with E-state index in [4.69, 9.17) is 4.74 Å². The lowest BCUT2D eigenvalue weighted by Crippen LogP contribution is -2.18. The van der Waals surface area contributed by atoms with Crippen molar-refractivity contribution in [3.63, 3.8) is 0 Å². The number of para-hydroxylation sites is 2. The first kappa shape index (κ1) is 18.3. The molecule has 2 N–H and O–H groups in total.